The average Bonchev–Trinajstić information content (AvgIpc) is 3.18. The highest BCUT2D eigenvalue weighted by Gasteiger charge is 2.28. The van der Waals surface area contributed by atoms with E-state index >= 15 is 0 Å². The first-order valence-electron chi connectivity index (χ1n) is 11.4. The molecule has 0 bridgehead atoms. The van der Waals surface area contributed by atoms with Crippen LogP contribution in [0.4, 0.5) is 4.79 Å². The number of nitrogens with two attached hydrogens (primary N) is 1. The summed E-state index contributed by atoms with van der Waals surface area (Å²) in [6.45, 7) is 5.30. The molecule has 2 atom stereocenters. The topological polar surface area (TPSA) is 153 Å². The molecule has 0 aliphatic heterocycles. The number of rotatable bonds is 7. The van der Waals surface area contributed by atoms with Crippen molar-refractivity contribution in [2.45, 2.75) is 51.3 Å². The van der Waals surface area contributed by atoms with Crippen LogP contribution in [0, 0.1) is 0 Å². The van der Waals surface area contributed by atoms with Crippen LogP contribution in [0.1, 0.15) is 31.9 Å². The Labute approximate surface area is 208 Å². The van der Waals surface area contributed by atoms with Gasteiger partial charge < -0.3 is 30.7 Å². The third-order valence-corrected chi connectivity index (χ3v) is 5.44. The standard InChI is InChI=1S/C26H31N3O7/c1-26(2,3)36-25(34)29-14-16(17-7-5-6-8-20(17)29)13-19(24(33)35-4)28-23(32)18(27)11-15-9-10-21(30)22(31)12-15/h5-10,12,14,18-19,30-31H,11,13,27H2,1-4H3,(H,28,32)/t18-,19-/m0/s1. The van der Waals surface area contributed by atoms with Gasteiger partial charge in [0.15, 0.2) is 11.5 Å². The number of phenols is 2. The normalized spacial score (nSPS) is 13.1. The van der Waals surface area contributed by atoms with Crippen LogP contribution in [0.2, 0.25) is 0 Å². The van der Waals surface area contributed by atoms with E-state index in [1.54, 1.807) is 45.2 Å². The van der Waals surface area contributed by atoms with Crippen LogP contribution in [0.25, 0.3) is 10.9 Å². The Hall–Kier alpha value is -4.05. The summed E-state index contributed by atoms with van der Waals surface area (Å²) in [5.74, 6) is -1.89. The Bertz CT molecular complexity index is 1280. The minimum absolute atomic E-state index is 0.0431. The number of ether oxygens (including phenoxy) is 2. The molecule has 1 amide bonds. The van der Waals surface area contributed by atoms with Crippen molar-refractivity contribution in [3.8, 4) is 11.5 Å². The number of nitrogens with zero attached hydrogens (tertiary/aromatic N) is 1. The Balaban J connectivity index is 1.82. The molecule has 1 aromatic heterocycles. The van der Waals surface area contributed by atoms with E-state index in [2.05, 4.69) is 5.32 Å². The fraction of sp³-hybridized carbons (Fsp3) is 0.346. The van der Waals surface area contributed by atoms with E-state index in [9.17, 15) is 24.6 Å². The molecule has 1 heterocycles. The number of phenolic OH excluding ortho intramolecular Hbond substituents is 2. The predicted octanol–water partition coefficient (Wildman–Crippen LogP) is 2.61. The number of aromatic nitrogens is 1. The lowest BCUT2D eigenvalue weighted by molar-refractivity contribution is -0.145. The molecule has 10 heteroatoms. The lowest BCUT2D eigenvalue weighted by atomic mass is 10.0. The van der Waals surface area contributed by atoms with Crippen LogP contribution < -0.4 is 11.1 Å². The van der Waals surface area contributed by atoms with Crippen molar-refractivity contribution < 1.29 is 34.1 Å². The number of carbonyl (C=O) groups excluding carboxylic acids is 3. The summed E-state index contributed by atoms with van der Waals surface area (Å²) in [6.07, 6.45) is 1.12. The minimum Gasteiger partial charge on any atom is -0.504 e. The van der Waals surface area contributed by atoms with Crippen molar-refractivity contribution in [2.24, 2.45) is 5.73 Å². The SMILES string of the molecule is COC(=O)[C@H](Cc1cn(C(=O)OC(C)(C)C)c2ccccc12)NC(=O)[C@@H](N)Cc1ccc(O)c(O)c1. The zero-order valence-corrected chi connectivity index (χ0v) is 20.6. The molecular weight excluding hydrogens is 466 g/mol. The second-order valence-corrected chi connectivity index (χ2v) is 9.44. The smallest absolute Gasteiger partial charge is 0.419 e. The van der Waals surface area contributed by atoms with Crippen molar-refractivity contribution in [3.05, 3.63) is 59.8 Å². The van der Waals surface area contributed by atoms with Crippen LogP contribution in [0.5, 0.6) is 11.5 Å². The van der Waals surface area contributed by atoms with E-state index in [1.807, 2.05) is 6.07 Å². The summed E-state index contributed by atoms with van der Waals surface area (Å²) in [5, 5.41) is 22.5. The molecule has 3 rings (SSSR count). The highest BCUT2D eigenvalue weighted by molar-refractivity contribution is 5.93. The zero-order valence-electron chi connectivity index (χ0n) is 20.6. The fourth-order valence-electron chi connectivity index (χ4n) is 3.75. The lowest BCUT2D eigenvalue weighted by Crippen LogP contribution is -2.50. The first kappa shape index (κ1) is 26.6. The van der Waals surface area contributed by atoms with Gasteiger partial charge in [-0.25, -0.2) is 9.59 Å². The number of para-hydroxylation sites is 1. The third kappa shape index (κ3) is 6.33. The minimum atomic E-state index is -1.07. The number of carbonyl (C=O) groups is 3. The van der Waals surface area contributed by atoms with Gasteiger partial charge in [-0.15, -0.1) is 0 Å². The third-order valence-electron chi connectivity index (χ3n) is 5.44. The number of methoxy groups -OCH3 is 1. The Morgan fingerprint density at radius 2 is 1.75 bits per heavy atom. The van der Waals surface area contributed by atoms with Gasteiger partial charge in [0, 0.05) is 18.0 Å². The van der Waals surface area contributed by atoms with Crippen LogP contribution in [0.3, 0.4) is 0 Å². The summed E-state index contributed by atoms with van der Waals surface area (Å²) in [4.78, 5) is 38.1. The van der Waals surface area contributed by atoms with Gasteiger partial charge >= 0.3 is 12.1 Å². The van der Waals surface area contributed by atoms with Gasteiger partial charge in [-0.2, -0.15) is 0 Å². The van der Waals surface area contributed by atoms with Gasteiger partial charge in [0.05, 0.1) is 18.7 Å². The van der Waals surface area contributed by atoms with Crippen LogP contribution >= 0.6 is 0 Å². The number of aromatic hydroxyl groups is 2. The van der Waals surface area contributed by atoms with Crippen LogP contribution in [0.15, 0.2) is 48.7 Å². The van der Waals surface area contributed by atoms with Crippen molar-refractivity contribution in [1.29, 1.82) is 0 Å². The van der Waals surface area contributed by atoms with E-state index in [1.165, 1.54) is 29.9 Å². The van der Waals surface area contributed by atoms with Crippen molar-refractivity contribution in [2.75, 3.05) is 7.11 Å². The number of benzene rings is 2. The maximum absolute atomic E-state index is 12.8. The van der Waals surface area contributed by atoms with E-state index in [-0.39, 0.29) is 24.3 Å². The van der Waals surface area contributed by atoms with Crippen LogP contribution in [-0.4, -0.2) is 57.5 Å². The molecule has 192 valence electrons. The van der Waals surface area contributed by atoms with Gasteiger partial charge in [-0.05, 0) is 56.5 Å². The van der Waals surface area contributed by atoms with Crippen LogP contribution in [-0.2, 0) is 31.9 Å². The van der Waals surface area contributed by atoms with E-state index < -0.39 is 35.7 Å². The van der Waals surface area contributed by atoms with Crippen molar-refractivity contribution in [3.63, 3.8) is 0 Å². The molecule has 36 heavy (non-hydrogen) atoms. The molecule has 0 radical (unpaired) electrons. The summed E-state index contributed by atoms with van der Waals surface area (Å²) in [5.41, 5.74) is 7.10. The van der Waals surface area contributed by atoms with Gasteiger partial charge in [-0.3, -0.25) is 9.36 Å². The van der Waals surface area contributed by atoms with Crippen molar-refractivity contribution in [1.82, 2.24) is 9.88 Å². The molecule has 0 fully saturated rings. The monoisotopic (exact) mass is 497 g/mol. The van der Waals surface area contributed by atoms with Gasteiger partial charge in [0.2, 0.25) is 5.91 Å². The molecule has 0 saturated carbocycles. The molecule has 0 aliphatic rings. The highest BCUT2D eigenvalue weighted by atomic mass is 16.6. The van der Waals surface area contributed by atoms with E-state index in [4.69, 9.17) is 15.2 Å². The van der Waals surface area contributed by atoms with Gasteiger partial charge in [0.25, 0.3) is 0 Å². The number of amides is 1. The predicted molar refractivity (Wildman–Crippen MR) is 133 cm³/mol. The number of hydrogen-bond donors (Lipinski definition) is 4. The second kappa shape index (κ2) is 10.7. The Morgan fingerprint density at radius 1 is 1.06 bits per heavy atom. The lowest BCUT2D eigenvalue weighted by Gasteiger charge is -2.20. The first-order valence-corrected chi connectivity index (χ1v) is 11.4. The quantitative estimate of drug-likeness (QED) is 0.287. The molecule has 5 N–H and O–H groups in total. The molecule has 0 aliphatic carbocycles. The largest absolute Gasteiger partial charge is 0.504 e. The van der Waals surface area contributed by atoms with Gasteiger partial charge in [-0.1, -0.05) is 24.3 Å². The number of fused-ring (bicyclic) bond motifs is 1. The summed E-state index contributed by atoms with van der Waals surface area (Å²) >= 11 is 0. The summed E-state index contributed by atoms with van der Waals surface area (Å²) < 4.78 is 11.8. The summed E-state index contributed by atoms with van der Waals surface area (Å²) in [7, 11) is 1.21. The average molecular weight is 498 g/mol. The fourth-order valence-corrected chi connectivity index (χ4v) is 3.75. The number of hydrogen-bond acceptors (Lipinski definition) is 8. The Morgan fingerprint density at radius 3 is 2.39 bits per heavy atom. The van der Waals surface area contributed by atoms with Crippen molar-refractivity contribution >= 4 is 28.9 Å². The second-order valence-electron chi connectivity index (χ2n) is 9.44. The maximum Gasteiger partial charge on any atom is 0.419 e. The zero-order chi connectivity index (χ0) is 26.6. The first-order chi connectivity index (χ1) is 16.9. The summed E-state index contributed by atoms with van der Waals surface area (Å²) in [6, 6.07) is 9.20. The number of esters is 1. The highest BCUT2D eigenvalue weighted by Crippen LogP contribution is 2.26. The maximum atomic E-state index is 12.8. The Kier molecular flexibility index (Phi) is 7.89. The molecule has 0 spiro atoms. The molecule has 3 aromatic rings. The van der Waals surface area contributed by atoms with Gasteiger partial charge in [0.1, 0.15) is 11.6 Å². The molecule has 0 saturated heterocycles. The molecular formula is C26H31N3O7. The number of nitrogens with one attached hydrogen (secondary N) is 1. The van der Waals surface area contributed by atoms with E-state index in [0.29, 0.717) is 16.6 Å². The molecule has 0 unspecified atom stereocenters. The molecule has 10 nitrogen and oxygen atoms in total. The molecule has 2 aromatic carbocycles. The van der Waals surface area contributed by atoms with E-state index in [0.717, 1.165) is 5.39 Å².